The van der Waals surface area contributed by atoms with Crippen LogP contribution >= 0.6 is 20.1 Å². The second-order valence-corrected chi connectivity index (χ2v) is 9.74. The molecule has 0 fully saturated rings. The molecule has 2 aromatic carbocycles. The number of aryl methyl sites for hydroxylation is 1. The average Bonchev–Trinajstić information content (AvgIpc) is 3.29. The molecule has 0 spiro atoms. The summed E-state index contributed by atoms with van der Waals surface area (Å²) in [7, 11) is 0.446. The minimum atomic E-state index is -0.218. The number of nitrogens with zero attached hydrogens (tertiary/aromatic N) is 2. The number of hydrogen-bond donors (Lipinski definition) is 1. The van der Waals surface area contributed by atoms with Gasteiger partial charge in [-0.2, -0.15) is 0 Å². The van der Waals surface area contributed by atoms with Gasteiger partial charge in [0.2, 0.25) is 0 Å². The zero-order chi connectivity index (χ0) is 22.9. The van der Waals surface area contributed by atoms with Crippen molar-refractivity contribution < 1.29 is 4.39 Å². The maximum atomic E-state index is 13.5. The molecule has 0 aliphatic heterocycles. The third-order valence-electron chi connectivity index (χ3n) is 5.34. The lowest BCUT2D eigenvalue weighted by molar-refractivity contribution is 0.403. The molecule has 0 aliphatic carbocycles. The Kier molecular flexibility index (Phi) is 9.01. The number of halogens is 1. The van der Waals surface area contributed by atoms with Crippen molar-refractivity contribution in [2.75, 3.05) is 19.6 Å². The molecule has 0 amide bonds. The molecule has 0 bridgehead atoms. The summed E-state index contributed by atoms with van der Waals surface area (Å²) in [5.74, 6) is -0.218. The number of hydrogen-bond acceptors (Lipinski definition) is 4. The topological polar surface area (TPSA) is 28.2 Å². The molecule has 3 nitrogen and oxygen atoms in total. The molecular weight excluding hydrogens is 436 g/mol. The maximum absolute atomic E-state index is 13.5. The van der Waals surface area contributed by atoms with E-state index in [1.165, 1.54) is 28.7 Å². The van der Waals surface area contributed by atoms with Crippen molar-refractivity contribution in [3.8, 4) is 10.9 Å². The van der Waals surface area contributed by atoms with Gasteiger partial charge in [0.05, 0.1) is 5.03 Å². The molecule has 0 aliphatic rings. The first-order chi connectivity index (χ1) is 15.5. The Labute approximate surface area is 197 Å². The Balaban J connectivity index is 1.46. The molecule has 3 rings (SSSR count). The standard InChI is InChI=1S/C26H31FN3PS/c1-5-30(20(3)24-18-29-31-26(24)22-11-7-6-8-12-22)16-10-9-15-28-21(4)32-25-17-23(27)14-13-19(25)2/h6-8,11-14,17-18,28,31H,3-5,9-10,15-16H2,1-2H3. The van der Waals surface area contributed by atoms with Crippen molar-refractivity contribution in [2.24, 2.45) is 0 Å². The van der Waals surface area contributed by atoms with E-state index in [2.05, 4.69) is 59.3 Å². The highest BCUT2D eigenvalue weighted by Gasteiger charge is 2.14. The van der Waals surface area contributed by atoms with E-state index in [1.807, 2.05) is 19.2 Å². The van der Waals surface area contributed by atoms with Gasteiger partial charge in [0.1, 0.15) is 5.82 Å². The van der Waals surface area contributed by atoms with Crippen LogP contribution in [0.4, 0.5) is 4.39 Å². The molecule has 32 heavy (non-hydrogen) atoms. The quantitative estimate of drug-likeness (QED) is 0.226. The van der Waals surface area contributed by atoms with E-state index < -0.39 is 0 Å². The van der Waals surface area contributed by atoms with E-state index in [9.17, 15) is 4.39 Å². The molecule has 1 unspecified atom stereocenters. The number of unbranched alkanes of at least 4 members (excludes halogenated alkanes) is 1. The first kappa shape index (κ1) is 24.2. The lowest BCUT2D eigenvalue weighted by Gasteiger charge is -2.25. The van der Waals surface area contributed by atoms with Gasteiger partial charge < -0.3 is 10.2 Å². The number of aromatic nitrogens is 1. The number of nitrogens with one attached hydrogen (secondary N) is 1. The van der Waals surface area contributed by atoms with Crippen LogP contribution < -0.4 is 5.32 Å². The number of rotatable bonds is 12. The molecular formula is C26H31FN3PS. The van der Waals surface area contributed by atoms with E-state index in [-0.39, 0.29) is 5.82 Å². The molecule has 1 heterocycles. The Hall–Kier alpha value is -2.49. The second-order valence-electron chi connectivity index (χ2n) is 7.62. The van der Waals surface area contributed by atoms with Crippen LogP contribution in [0.25, 0.3) is 16.6 Å². The van der Waals surface area contributed by atoms with Crippen molar-refractivity contribution in [3.63, 3.8) is 0 Å². The van der Waals surface area contributed by atoms with Gasteiger partial charge in [-0.05, 0) is 58.3 Å². The van der Waals surface area contributed by atoms with Gasteiger partial charge in [0, 0.05) is 47.3 Å². The van der Waals surface area contributed by atoms with Crippen LogP contribution in [0.15, 0.2) is 77.8 Å². The summed E-state index contributed by atoms with van der Waals surface area (Å²) in [4.78, 5) is 3.23. The molecule has 3 aromatic rings. The van der Waals surface area contributed by atoms with Crippen LogP contribution in [0, 0.1) is 12.7 Å². The van der Waals surface area contributed by atoms with Gasteiger partial charge >= 0.3 is 0 Å². The normalized spacial score (nSPS) is 11.0. The SMILES string of the molecule is C=C(NCCCCN(CC)C(=C)c1cn[pH]c1-c1ccccc1)Sc1cc(F)ccc1C. The Morgan fingerprint density at radius 2 is 1.94 bits per heavy atom. The van der Waals surface area contributed by atoms with E-state index >= 15 is 0 Å². The van der Waals surface area contributed by atoms with Gasteiger partial charge in [0.25, 0.3) is 0 Å². The van der Waals surface area contributed by atoms with Crippen molar-refractivity contribution in [1.29, 1.82) is 0 Å². The van der Waals surface area contributed by atoms with Crippen LogP contribution in [-0.2, 0) is 0 Å². The molecule has 168 valence electrons. The fourth-order valence-electron chi connectivity index (χ4n) is 3.49. The summed E-state index contributed by atoms with van der Waals surface area (Å²) in [5, 5.41) is 5.48. The summed E-state index contributed by atoms with van der Waals surface area (Å²) < 4.78 is 18.0. The highest BCUT2D eigenvalue weighted by Crippen LogP contribution is 2.35. The number of benzene rings is 2. The summed E-state index contributed by atoms with van der Waals surface area (Å²) in [6.07, 6.45) is 4.04. The molecule has 1 N–H and O–H groups in total. The summed E-state index contributed by atoms with van der Waals surface area (Å²) in [6.45, 7) is 15.3. The van der Waals surface area contributed by atoms with E-state index in [0.29, 0.717) is 8.35 Å². The largest absolute Gasteiger partial charge is 0.380 e. The van der Waals surface area contributed by atoms with Gasteiger partial charge in [-0.15, -0.1) is 0 Å². The Bertz CT molecular complexity index is 1050. The first-order valence-corrected chi connectivity index (χ1v) is 12.7. The van der Waals surface area contributed by atoms with E-state index in [0.717, 1.165) is 59.2 Å². The van der Waals surface area contributed by atoms with Crippen LogP contribution in [-0.4, -0.2) is 29.3 Å². The van der Waals surface area contributed by atoms with Crippen LogP contribution in [0.3, 0.4) is 0 Å². The van der Waals surface area contributed by atoms with Crippen molar-refractivity contribution in [3.05, 3.63) is 89.9 Å². The molecule has 6 heteroatoms. The van der Waals surface area contributed by atoms with Gasteiger partial charge in [-0.25, -0.2) is 9.14 Å². The van der Waals surface area contributed by atoms with Gasteiger partial charge in [-0.1, -0.05) is 61.3 Å². The first-order valence-electron chi connectivity index (χ1n) is 10.9. The van der Waals surface area contributed by atoms with E-state index in [1.54, 1.807) is 12.1 Å². The van der Waals surface area contributed by atoms with Crippen molar-refractivity contribution >= 4 is 25.8 Å². The number of thioether (sulfide) groups is 1. The van der Waals surface area contributed by atoms with Crippen LogP contribution in [0.5, 0.6) is 0 Å². The van der Waals surface area contributed by atoms with Crippen molar-refractivity contribution in [1.82, 2.24) is 15.0 Å². The second kappa shape index (κ2) is 11.9. The Morgan fingerprint density at radius 3 is 2.69 bits per heavy atom. The minimum absolute atomic E-state index is 0.218. The highest BCUT2D eigenvalue weighted by molar-refractivity contribution is 8.03. The van der Waals surface area contributed by atoms with Crippen LogP contribution in [0.1, 0.15) is 30.9 Å². The minimum Gasteiger partial charge on any atom is -0.380 e. The maximum Gasteiger partial charge on any atom is 0.124 e. The van der Waals surface area contributed by atoms with Gasteiger partial charge in [0.15, 0.2) is 0 Å². The van der Waals surface area contributed by atoms with Crippen molar-refractivity contribution in [2.45, 2.75) is 31.6 Å². The highest BCUT2D eigenvalue weighted by atomic mass is 32.2. The fraction of sp³-hybridized carbons (Fsp3) is 0.269. The zero-order valence-electron chi connectivity index (χ0n) is 18.8. The lowest BCUT2D eigenvalue weighted by Crippen LogP contribution is -2.23. The Morgan fingerprint density at radius 1 is 1.16 bits per heavy atom. The fourth-order valence-corrected chi connectivity index (χ4v) is 5.28. The molecule has 1 aromatic heterocycles. The molecule has 0 radical (unpaired) electrons. The summed E-state index contributed by atoms with van der Waals surface area (Å²) >= 11 is 1.48. The summed E-state index contributed by atoms with van der Waals surface area (Å²) in [6, 6.07) is 15.3. The van der Waals surface area contributed by atoms with Crippen LogP contribution in [0.2, 0.25) is 0 Å². The van der Waals surface area contributed by atoms with E-state index in [4.69, 9.17) is 0 Å². The monoisotopic (exact) mass is 467 g/mol. The predicted octanol–water partition coefficient (Wildman–Crippen LogP) is 7.15. The molecule has 0 saturated heterocycles. The average molecular weight is 468 g/mol. The molecule has 0 saturated carbocycles. The summed E-state index contributed by atoms with van der Waals surface area (Å²) in [5.41, 5.74) is 4.49. The molecule has 1 atom stereocenters. The third-order valence-corrected chi connectivity index (χ3v) is 7.43. The third kappa shape index (κ3) is 6.51. The predicted molar refractivity (Wildman–Crippen MR) is 139 cm³/mol. The lowest BCUT2D eigenvalue weighted by atomic mass is 10.1. The zero-order valence-corrected chi connectivity index (χ0v) is 20.6. The van der Waals surface area contributed by atoms with Gasteiger partial charge in [-0.3, -0.25) is 0 Å². The smallest absolute Gasteiger partial charge is 0.124 e.